The van der Waals surface area contributed by atoms with E-state index in [9.17, 15) is 14.7 Å². The summed E-state index contributed by atoms with van der Waals surface area (Å²) in [4.78, 5) is 22.9. The summed E-state index contributed by atoms with van der Waals surface area (Å²) in [6.45, 7) is 0.847. The highest BCUT2D eigenvalue weighted by atomic mass is 16.5. The average Bonchev–Trinajstić information content (AvgIpc) is 3.03. The third-order valence-corrected chi connectivity index (χ3v) is 3.60. The molecule has 1 aromatic rings. The smallest absolute Gasteiger partial charge is 0.408 e. The van der Waals surface area contributed by atoms with Crippen LogP contribution in [0.15, 0.2) is 30.3 Å². The molecular formula is C16H21NO5. The lowest BCUT2D eigenvalue weighted by Gasteiger charge is -2.16. The monoisotopic (exact) mass is 307 g/mol. The molecule has 2 unspecified atom stereocenters. The molecular weight excluding hydrogens is 286 g/mol. The highest BCUT2D eigenvalue weighted by molar-refractivity contribution is 5.79. The van der Waals surface area contributed by atoms with Gasteiger partial charge in [0.1, 0.15) is 12.6 Å². The maximum atomic E-state index is 11.7. The van der Waals surface area contributed by atoms with E-state index in [2.05, 4.69) is 5.32 Å². The molecule has 1 aliphatic heterocycles. The third kappa shape index (κ3) is 5.37. The Morgan fingerprint density at radius 1 is 1.36 bits per heavy atom. The van der Waals surface area contributed by atoms with Gasteiger partial charge in [0, 0.05) is 6.61 Å². The molecule has 0 aromatic heterocycles. The van der Waals surface area contributed by atoms with Crippen molar-refractivity contribution in [3.8, 4) is 0 Å². The molecule has 1 amide bonds. The first-order chi connectivity index (χ1) is 10.6. The normalized spacial score (nSPS) is 18.6. The molecule has 1 aliphatic rings. The van der Waals surface area contributed by atoms with Crippen molar-refractivity contribution < 1.29 is 24.2 Å². The molecule has 0 saturated carbocycles. The Kier molecular flexibility index (Phi) is 6.21. The van der Waals surface area contributed by atoms with Crippen LogP contribution in [0, 0.1) is 0 Å². The second-order valence-electron chi connectivity index (χ2n) is 5.31. The SMILES string of the molecule is O=C(NC(CCC1CCCO1)C(=O)O)OCc1ccccc1. The van der Waals surface area contributed by atoms with Gasteiger partial charge in [-0.05, 0) is 31.2 Å². The molecule has 2 rings (SSSR count). The number of carbonyl (C=O) groups is 2. The maximum Gasteiger partial charge on any atom is 0.408 e. The van der Waals surface area contributed by atoms with E-state index in [1.54, 1.807) is 0 Å². The summed E-state index contributed by atoms with van der Waals surface area (Å²) in [7, 11) is 0. The molecule has 0 spiro atoms. The molecule has 1 heterocycles. The Hall–Kier alpha value is -2.08. The number of carbonyl (C=O) groups excluding carboxylic acids is 1. The Morgan fingerprint density at radius 3 is 2.77 bits per heavy atom. The van der Waals surface area contributed by atoms with Crippen molar-refractivity contribution in [1.82, 2.24) is 5.32 Å². The molecule has 0 bridgehead atoms. The van der Waals surface area contributed by atoms with Gasteiger partial charge in [-0.1, -0.05) is 30.3 Å². The third-order valence-electron chi connectivity index (χ3n) is 3.60. The largest absolute Gasteiger partial charge is 0.480 e. The van der Waals surface area contributed by atoms with Gasteiger partial charge in [-0.2, -0.15) is 0 Å². The minimum atomic E-state index is -1.06. The first-order valence-electron chi connectivity index (χ1n) is 7.47. The fraction of sp³-hybridized carbons (Fsp3) is 0.500. The van der Waals surface area contributed by atoms with Gasteiger partial charge in [0.05, 0.1) is 6.10 Å². The zero-order chi connectivity index (χ0) is 15.8. The van der Waals surface area contributed by atoms with E-state index in [0.29, 0.717) is 12.8 Å². The summed E-state index contributed by atoms with van der Waals surface area (Å²) >= 11 is 0. The fourth-order valence-corrected chi connectivity index (χ4v) is 2.39. The van der Waals surface area contributed by atoms with Crippen molar-refractivity contribution in [2.75, 3.05) is 6.61 Å². The molecule has 6 nitrogen and oxygen atoms in total. The van der Waals surface area contributed by atoms with E-state index >= 15 is 0 Å². The van der Waals surface area contributed by atoms with E-state index < -0.39 is 18.1 Å². The second-order valence-corrected chi connectivity index (χ2v) is 5.31. The van der Waals surface area contributed by atoms with Crippen molar-refractivity contribution in [3.63, 3.8) is 0 Å². The number of carboxylic acid groups (broad SMARTS) is 1. The molecule has 1 fully saturated rings. The van der Waals surface area contributed by atoms with Crippen LogP contribution in [0.2, 0.25) is 0 Å². The number of hydrogen-bond donors (Lipinski definition) is 2. The number of carboxylic acids is 1. The van der Waals surface area contributed by atoms with Crippen LogP contribution in [0.4, 0.5) is 4.79 Å². The van der Waals surface area contributed by atoms with Crippen molar-refractivity contribution in [2.24, 2.45) is 0 Å². The highest BCUT2D eigenvalue weighted by Gasteiger charge is 2.24. The van der Waals surface area contributed by atoms with Crippen molar-refractivity contribution in [3.05, 3.63) is 35.9 Å². The lowest BCUT2D eigenvalue weighted by Crippen LogP contribution is -2.41. The van der Waals surface area contributed by atoms with Gasteiger partial charge in [-0.15, -0.1) is 0 Å². The number of aliphatic carboxylic acids is 1. The zero-order valence-electron chi connectivity index (χ0n) is 12.4. The predicted molar refractivity (Wildman–Crippen MR) is 79.4 cm³/mol. The van der Waals surface area contributed by atoms with E-state index in [0.717, 1.165) is 25.0 Å². The first-order valence-corrected chi connectivity index (χ1v) is 7.47. The molecule has 120 valence electrons. The standard InChI is InChI=1S/C16H21NO5/c18-15(19)14(9-8-13-7-4-10-21-13)17-16(20)22-11-12-5-2-1-3-6-12/h1-3,5-6,13-14H,4,7-11H2,(H,17,20)(H,18,19). The topological polar surface area (TPSA) is 84.9 Å². The van der Waals surface area contributed by atoms with E-state index in [1.165, 1.54) is 0 Å². The number of amides is 1. The number of rotatable bonds is 7. The number of nitrogens with one attached hydrogen (secondary N) is 1. The average molecular weight is 307 g/mol. The van der Waals surface area contributed by atoms with Crippen LogP contribution >= 0.6 is 0 Å². The first kappa shape index (κ1) is 16.3. The van der Waals surface area contributed by atoms with Crippen LogP contribution in [0.3, 0.4) is 0 Å². The van der Waals surface area contributed by atoms with Gasteiger partial charge in [-0.3, -0.25) is 0 Å². The van der Waals surface area contributed by atoms with Crippen LogP contribution in [-0.2, 0) is 20.9 Å². The summed E-state index contributed by atoms with van der Waals surface area (Å²) in [6.07, 6.45) is 2.29. The Labute approximate surface area is 129 Å². The van der Waals surface area contributed by atoms with Crippen LogP contribution in [0.25, 0.3) is 0 Å². The zero-order valence-corrected chi connectivity index (χ0v) is 12.4. The van der Waals surface area contributed by atoms with Crippen molar-refractivity contribution >= 4 is 12.1 Å². The van der Waals surface area contributed by atoms with Crippen LogP contribution in [0.5, 0.6) is 0 Å². The van der Waals surface area contributed by atoms with E-state index in [1.807, 2.05) is 30.3 Å². The van der Waals surface area contributed by atoms with Gasteiger partial charge in [-0.25, -0.2) is 9.59 Å². The Bertz CT molecular complexity index is 485. The minimum absolute atomic E-state index is 0.101. The summed E-state index contributed by atoms with van der Waals surface area (Å²) in [5, 5.41) is 11.6. The van der Waals surface area contributed by atoms with Crippen LogP contribution < -0.4 is 5.32 Å². The molecule has 0 radical (unpaired) electrons. The second kappa shape index (κ2) is 8.38. The van der Waals surface area contributed by atoms with Crippen molar-refractivity contribution in [2.45, 2.75) is 44.4 Å². The van der Waals surface area contributed by atoms with Gasteiger partial charge in [0.25, 0.3) is 0 Å². The number of benzene rings is 1. The number of ether oxygens (including phenoxy) is 2. The number of hydrogen-bond acceptors (Lipinski definition) is 4. The lowest BCUT2D eigenvalue weighted by atomic mass is 10.1. The molecule has 0 aliphatic carbocycles. The molecule has 2 N–H and O–H groups in total. The van der Waals surface area contributed by atoms with Gasteiger partial charge in [0.15, 0.2) is 0 Å². The molecule has 2 atom stereocenters. The van der Waals surface area contributed by atoms with Crippen LogP contribution in [0.1, 0.15) is 31.2 Å². The van der Waals surface area contributed by atoms with Gasteiger partial charge >= 0.3 is 12.1 Å². The van der Waals surface area contributed by atoms with Gasteiger partial charge in [0.2, 0.25) is 0 Å². The highest BCUT2D eigenvalue weighted by Crippen LogP contribution is 2.17. The predicted octanol–water partition coefficient (Wildman–Crippen LogP) is 2.33. The Balaban J connectivity index is 1.74. The quantitative estimate of drug-likeness (QED) is 0.807. The Morgan fingerprint density at radius 2 is 2.14 bits per heavy atom. The summed E-state index contributed by atoms with van der Waals surface area (Å²) in [5.74, 6) is -1.06. The summed E-state index contributed by atoms with van der Waals surface area (Å²) in [5.41, 5.74) is 0.851. The van der Waals surface area contributed by atoms with Crippen LogP contribution in [-0.4, -0.2) is 35.9 Å². The maximum absolute atomic E-state index is 11.7. The minimum Gasteiger partial charge on any atom is -0.480 e. The summed E-state index contributed by atoms with van der Waals surface area (Å²) in [6, 6.07) is 8.28. The van der Waals surface area contributed by atoms with Gasteiger partial charge < -0.3 is 19.9 Å². The van der Waals surface area contributed by atoms with E-state index in [4.69, 9.17) is 9.47 Å². The molecule has 1 saturated heterocycles. The molecule has 22 heavy (non-hydrogen) atoms. The lowest BCUT2D eigenvalue weighted by molar-refractivity contribution is -0.139. The van der Waals surface area contributed by atoms with Crippen molar-refractivity contribution in [1.29, 1.82) is 0 Å². The molecule has 1 aromatic carbocycles. The molecule has 6 heteroatoms. The number of alkyl carbamates (subject to hydrolysis) is 1. The van der Waals surface area contributed by atoms with E-state index in [-0.39, 0.29) is 12.7 Å². The summed E-state index contributed by atoms with van der Waals surface area (Å²) < 4.78 is 10.5. The fourth-order valence-electron chi connectivity index (χ4n) is 2.39.